The number of hydrogen-bond acceptors (Lipinski definition) is 5. The molecular formula is C37H52N2O4S. The molecule has 0 heterocycles. The van der Waals surface area contributed by atoms with E-state index in [1.54, 1.807) is 18.2 Å². The zero-order valence-electron chi connectivity index (χ0n) is 27.3. The molecule has 3 fully saturated rings. The number of anilines is 1. The van der Waals surface area contributed by atoms with E-state index >= 15 is 0 Å². The second kappa shape index (κ2) is 11.8. The highest BCUT2D eigenvalue weighted by Crippen LogP contribution is 2.67. The van der Waals surface area contributed by atoms with Crippen LogP contribution in [0.2, 0.25) is 0 Å². The Balaban J connectivity index is 1.07. The third-order valence-electron chi connectivity index (χ3n) is 12.8. The molecule has 6 rings (SSSR count). The Morgan fingerprint density at radius 1 is 1.02 bits per heavy atom. The summed E-state index contributed by atoms with van der Waals surface area (Å²) in [6, 6.07) is 10.8. The predicted molar refractivity (Wildman–Crippen MR) is 178 cm³/mol. The number of nitrogens with one attached hydrogen (secondary N) is 1. The standard InChI is InChI=1S/C37H52N2O4S/c1-24(9-6-14-35(41)38-44(42,43)34-13-8-10-27-28(34)11-7-12-33(27)39(4)5)30-17-18-31-29-16-15-25-23-26(40)19-21-36(25,2)32(29)20-22-37(30,31)3/h7-8,10-13,15,24,26,29-32,40H,6,9,14,16-23H2,1-5H3,(H,38,41)/t24-,26+,29?,30-,31?,32?,36+,37-/m1/s1. The highest BCUT2D eigenvalue weighted by molar-refractivity contribution is 7.90. The number of hydrogen-bond donors (Lipinski definition) is 2. The van der Waals surface area contributed by atoms with Gasteiger partial charge in [-0.2, -0.15) is 0 Å². The van der Waals surface area contributed by atoms with Crippen LogP contribution in [-0.4, -0.2) is 39.6 Å². The summed E-state index contributed by atoms with van der Waals surface area (Å²) >= 11 is 0. The van der Waals surface area contributed by atoms with E-state index in [-0.39, 0.29) is 22.8 Å². The van der Waals surface area contributed by atoms with E-state index in [1.165, 1.54) is 37.7 Å². The van der Waals surface area contributed by atoms with Crippen LogP contribution in [0.1, 0.15) is 91.4 Å². The van der Waals surface area contributed by atoms with Crippen LogP contribution in [0.4, 0.5) is 5.69 Å². The zero-order chi connectivity index (χ0) is 31.4. The van der Waals surface area contributed by atoms with Crippen molar-refractivity contribution in [2.24, 2.45) is 40.4 Å². The number of aliphatic hydroxyl groups excluding tert-OH is 1. The highest BCUT2D eigenvalue weighted by Gasteiger charge is 2.59. The quantitative estimate of drug-likeness (QED) is 0.299. The van der Waals surface area contributed by atoms with E-state index in [1.807, 2.05) is 37.2 Å². The molecule has 44 heavy (non-hydrogen) atoms. The first kappa shape index (κ1) is 31.6. The molecule has 8 atom stereocenters. The van der Waals surface area contributed by atoms with Gasteiger partial charge in [0, 0.05) is 37.0 Å². The van der Waals surface area contributed by atoms with Gasteiger partial charge in [-0.1, -0.05) is 56.7 Å². The number of rotatable bonds is 8. The van der Waals surface area contributed by atoms with E-state index in [4.69, 9.17) is 0 Å². The van der Waals surface area contributed by atoms with Gasteiger partial charge in [0.05, 0.1) is 11.0 Å². The maximum absolute atomic E-state index is 13.3. The predicted octanol–water partition coefficient (Wildman–Crippen LogP) is 7.46. The molecule has 4 aliphatic rings. The summed E-state index contributed by atoms with van der Waals surface area (Å²) in [4.78, 5) is 15.0. The minimum Gasteiger partial charge on any atom is -0.393 e. The van der Waals surface area contributed by atoms with Gasteiger partial charge in [0.1, 0.15) is 0 Å². The summed E-state index contributed by atoms with van der Waals surface area (Å²) in [6.45, 7) is 7.41. The van der Waals surface area contributed by atoms with Crippen LogP contribution >= 0.6 is 0 Å². The average molecular weight is 621 g/mol. The van der Waals surface area contributed by atoms with Crippen molar-refractivity contribution in [1.29, 1.82) is 0 Å². The first-order valence-corrected chi connectivity index (χ1v) is 18.5. The summed E-state index contributed by atoms with van der Waals surface area (Å²) < 4.78 is 29.0. The number of carbonyl (C=O) groups is 1. The zero-order valence-corrected chi connectivity index (χ0v) is 28.1. The third kappa shape index (κ3) is 5.40. The number of nitrogens with zero attached hydrogens (tertiary/aromatic N) is 1. The number of allylic oxidation sites excluding steroid dienone is 1. The van der Waals surface area contributed by atoms with Crippen LogP contribution in [0.5, 0.6) is 0 Å². The van der Waals surface area contributed by atoms with Gasteiger partial charge in [0.15, 0.2) is 0 Å². The van der Waals surface area contributed by atoms with Crippen molar-refractivity contribution >= 4 is 32.4 Å². The van der Waals surface area contributed by atoms with Gasteiger partial charge in [-0.3, -0.25) is 4.79 Å². The molecule has 1 amide bonds. The highest BCUT2D eigenvalue weighted by atomic mass is 32.2. The molecule has 0 aromatic heterocycles. The van der Waals surface area contributed by atoms with Crippen LogP contribution in [0.15, 0.2) is 52.9 Å². The lowest BCUT2D eigenvalue weighted by Crippen LogP contribution is -2.50. The molecule has 0 saturated heterocycles. The molecular weight excluding hydrogens is 568 g/mol. The van der Waals surface area contributed by atoms with Crippen molar-refractivity contribution in [3.63, 3.8) is 0 Å². The van der Waals surface area contributed by atoms with Crippen molar-refractivity contribution < 1.29 is 18.3 Å². The lowest BCUT2D eigenvalue weighted by Gasteiger charge is -2.58. The van der Waals surface area contributed by atoms with E-state index < -0.39 is 15.9 Å². The second-order valence-electron chi connectivity index (χ2n) is 15.3. The van der Waals surface area contributed by atoms with Crippen LogP contribution in [0.25, 0.3) is 10.8 Å². The molecule has 3 saturated carbocycles. The maximum Gasteiger partial charge on any atom is 0.264 e. The average Bonchev–Trinajstić information content (AvgIpc) is 3.33. The molecule has 7 heteroatoms. The lowest BCUT2D eigenvalue weighted by atomic mass is 9.47. The molecule has 4 aliphatic carbocycles. The number of aliphatic hydroxyl groups is 1. The Morgan fingerprint density at radius 3 is 2.55 bits per heavy atom. The molecule has 0 aliphatic heterocycles. The van der Waals surface area contributed by atoms with E-state index in [9.17, 15) is 18.3 Å². The number of carbonyl (C=O) groups excluding carboxylic acids is 1. The van der Waals surface area contributed by atoms with Gasteiger partial charge < -0.3 is 10.0 Å². The lowest BCUT2D eigenvalue weighted by molar-refractivity contribution is -0.119. The van der Waals surface area contributed by atoms with Gasteiger partial charge in [-0.15, -0.1) is 0 Å². The van der Waals surface area contributed by atoms with Crippen LogP contribution < -0.4 is 9.62 Å². The van der Waals surface area contributed by atoms with E-state index in [0.29, 0.717) is 29.1 Å². The largest absolute Gasteiger partial charge is 0.393 e. The van der Waals surface area contributed by atoms with Crippen molar-refractivity contribution in [2.75, 3.05) is 19.0 Å². The normalized spacial score (nSPS) is 34.0. The molecule has 2 N–H and O–H groups in total. The Kier molecular flexibility index (Phi) is 8.45. The van der Waals surface area contributed by atoms with Gasteiger partial charge >= 0.3 is 0 Å². The topological polar surface area (TPSA) is 86.7 Å². The van der Waals surface area contributed by atoms with Gasteiger partial charge in [0.25, 0.3) is 10.0 Å². The van der Waals surface area contributed by atoms with Crippen LogP contribution in [0, 0.1) is 40.4 Å². The number of fused-ring (bicyclic) bond motifs is 6. The summed E-state index contributed by atoms with van der Waals surface area (Å²) in [5, 5.41) is 11.8. The third-order valence-corrected chi connectivity index (χ3v) is 14.2. The first-order valence-electron chi connectivity index (χ1n) is 17.0. The smallest absolute Gasteiger partial charge is 0.264 e. The number of sulfonamides is 1. The Bertz CT molecular complexity index is 1550. The fourth-order valence-corrected chi connectivity index (χ4v) is 11.8. The maximum atomic E-state index is 13.3. The molecule has 0 spiro atoms. The van der Waals surface area contributed by atoms with Crippen molar-refractivity contribution in [2.45, 2.75) is 102 Å². The van der Waals surface area contributed by atoms with Gasteiger partial charge in [0.2, 0.25) is 5.91 Å². The van der Waals surface area contributed by atoms with Crippen molar-refractivity contribution in [1.82, 2.24) is 4.72 Å². The number of amides is 1. The summed E-state index contributed by atoms with van der Waals surface area (Å²) in [7, 11) is -0.120. The fraction of sp³-hybridized carbons (Fsp3) is 0.649. The Hall–Kier alpha value is -2.38. The molecule has 2 aromatic rings. The second-order valence-corrected chi connectivity index (χ2v) is 17.0. The molecule has 6 nitrogen and oxygen atoms in total. The minimum atomic E-state index is -3.99. The summed E-state index contributed by atoms with van der Waals surface area (Å²) in [6.07, 6.45) is 13.4. The SMILES string of the molecule is C[C@H](CCCC(=O)NS(=O)(=O)c1cccc2c(N(C)C)cccc12)[C@H]1CCC2C3CC=C4C[C@@H](O)CC[C@]4(C)C3CC[C@@]21C. The van der Waals surface area contributed by atoms with Gasteiger partial charge in [-0.05, 0) is 117 Å². The van der Waals surface area contributed by atoms with Crippen molar-refractivity contribution in [3.05, 3.63) is 48.0 Å². The van der Waals surface area contributed by atoms with Crippen LogP contribution in [-0.2, 0) is 14.8 Å². The van der Waals surface area contributed by atoms with E-state index in [0.717, 1.165) is 54.5 Å². The monoisotopic (exact) mass is 620 g/mol. The molecule has 3 unspecified atom stereocenters. The van der Waals surface area contributed by atoms with Gasteiger partial charge in [-0.25, -0.2) is 13.1 Å². The molecule has 2 aromatic carbocycles. The first-order chi connectivity index (χ1) is 20.8. The molecule has 0 bridgehead atoms. The molecule has 0 radical (unpaired) electrons. The molecule has 240 valence electrons. The number of benzene rings is 2. The Labute approximate surface area is 264 Å². The Morgan fingerprint density at radius 2 is 1.77 bits per heavy atom. The van der Waals surface area contributed by atoms with E-state index in [2.05, 4.69) is 31.6 Å². The van der Waals surface area contributed by atoms with Crippen molar-refractivity contribution in [3.8, 4) is 0 Å². The minimum absolute atomic E-state index is 0.142. The van der Waals surface area contributed by atoms with Crippen LogP contribution in [0.3, 0.4) is 0 Å². The summed E-state index contributed by atoms with van der Waals surface area (Å²) in [5.74, 6) is 2.96. The summed E-state index contributed by atoms with van der Waals surface area (Å²) in [5.41, 5.74) is 3.07. The fourth-order valence-electron chi connectivity index (χ4n) is 10.5.